The Balaban J connectivity index is 1.56. The van der Waals surface area contributed by atoms with Crippen LogP contribution in [0.5, 0.6) is 0 Å². The van der Waals surface area contributed by atoms with E-state index in [1.54, 1.807) is 63.5 Å². The molecule has 2 fully saturated rings. The second-order valence-corrected chi connectivity index (χ2v) is 12.9. The third kappa shape index (κ3) is 5.87. The Morgan fingerprint density at radius 3 is 2.69 bits per heavy atom. The smallest absolute Gasteiger partial charge is 0.420 e. The molecule has 13 nitrogen and oxygen atoms in total. The predicted molar refractivity (Wildman–Crippen MR) is 153 cm³/mol. The van der Waals surface area contributed by atoms with Gasteiger partial charge in [-0.15, -0.1) is 6.42 Å². The maximum Gasteiger partial charge on any atom is 0.420 e. The average molecular weight is 597 g/mol. The zero-order valence-corrected chi connectivity index (χ0v) is 24.7. The Hall–Kier alpha value is -3.87. The fraction of sp³-hybridized carbons (Fsp3) is 0.429. The Bertz CT molecular complexity index is 1670. The summed E-state index contributed by atoms with van der Waals surface area (Å²) < 4.78 is 52.4. The van der Waals surface area contributed by atoms with Crippen molar-refractivity contribution in [1.82, 2.24) is 24.2 Å². The van der Waals surface area contributed by atoms with E-state index in [0.29, 0.717) is 16.9 Å². The number of fused-ring (bicyclic) bond motifs is 2. The lowest BCUT2D eigenvalue weighted by Crippen LogP contribution is -2.39. The van der Waals surface area contributed by atoms with E-state index in [-0.39, 0.29) is 17.9 Å². The van der Waals surface area contributed by atoms with E-state index in [1.807, 2.05) is 0 Å². The zero-order valence-electron chi connectivity index (χ0n) is 23.8. The van der Waals surface area contributed by atoms with Gasteiger partial charge in [0.05, 0.1) is 12.0 Å². The number of amides is 1. The van der Waals surface area contributed by atoms with Crippen molar-refractivity contribution in [3.8, 4) is 12.3 Å². The van der Waals surface area contributed by atoms with Gasteiger partial charge in [-0.3, -0.25) is 4.57 Å². The van der Waals surface area contributed by atoms with Gasteiger partial charge in [-0.25, -0.2) is 37.8 Å². The van der Waals surface area contributed by atoms with Gasteiger partial charge < -0.3 is 18.9 Å². The van der Waals surface area contributed by atoms with Crippen LogP contribution in [0.1, 0.15) is 46.4 Å². The lowest BCUT2D eigenvalue weighted by atomic mass is 10.1. The number of sulfonamides is 1. The molecule has 2 saturated heterocycles. The van der Waals surface area contributed by atoms with Crippen LogP contribution < -0.4 is 9.62 Å². The van der Waals surface area contributed by atoms with Crippen LogP contribution in [0.15, 0.2) is 48.9 Å². The van der Waals surface area contributed by atoms with E-state index >= 15 is 0 Å². The van der Waals surface area contributed by atoms with Gasteiger partial charge in [0, 0.05) is 17.5 Å². The molecule has 3 aromatic rings. The van der Waals surface area contributed by atoms with Crippen molar-refractivity contribution in [1.29, 1.82) is 0 Å². The molecule has 0 unspecified atom stereocenters. The number of rotatable bonds is 7. The third-order valence-electron chi connectivity index (χ3n) is 6.50. The summed E-state index contributed by atoms with van der Waals surface area (Å²) >= 11 is 0. The fourth-order valence-corrected chi connectivity index (χ4v) is 5.36. The average Bonchev–Trinajstić information content (AvgIpc) is 3.58. The van der Waals surface area contributed by atoms with Gasteiger partial charge in [-0.2, -0.15) is 0 Å². The SMILES string of the molecule is C#Cc1cccc(N(C(=O)OC(C)(C)C)c2ncnc3c2ncn3[C@@H]2O[C@H](CNS(=O)(=O)C=C)[C@H]3OC(C)(C)O[C@H]32)c1. The minimum Gasteiger partial charge on any atom is -0.443 e. The standard InChI is InChI=1S/C28H32N6O7S/c1-8-17-11-10-12-18(13-17)34(26(35)41-27(3,4)5)24-20-23(29-15-30-24)33(16-31-20)25-22-21(39-28(6,7)40-22)19(38-25)14-32-42(36,37)9-2/h1,9-13,15-16,19,21-22,25,32H,2,14H2,3-7H3/t19-,21-,22-,25-/m1/s1. The zero-order chi connectivity index (χ0) is 30.4. The largest absolute Gasteiger partial charge is 0.443 e. The van der Waals surface area contributed by atoms with Gasteiger partial charge in [0.25, 0.3) is 0 Å². The normalized spacial score (nSPS) is 23.3. The number of nitrogens with one attached hydrogen (secondary N) is 1. The highest BCUT2D eigenvalue weighted by Crippen LogP contribution is 2.44. The van der Waals surface area contributed by atoms with Crippen molar-refractivity contribution in [3.05, 3.63) is 54.5 Å². The number of terminal acetylenes is 1. The quantitative estimate of drug-likeness (QED) is 0.403. The highest BCUT2D eigenvalue weighted by Gasteiger charge is 2.56. The van der Waals surface area contributed by atoms with E-state index in [4.69, 9.17) is 25.4 Å². The number of anilines is 2. The van der Waals surface area contributed by atoms with Crippen molar-refractivity contribution < 1.29 is 32.2 Å². The molecule has 0 saturated carbocycles. The highest BCUT2D eigenvalue weighted by atomic mass is 32.2. The first-order valence-electron chi connectivity index (χ1n) is 13.1. The number of carbonyl (C=O) groups excluding carboxylic acids is 1. The van der Waals surface area contributed by atoms with E-state index in [9.17, 15) is 13.2 Å². The predicted octanol–water partition coefficient (Wildman–Crippen LogP) is 3.36. The molecule has 0 aliphatic carbocycles. The molecule has 222 valence electrons. The van der Waals surface area contributed by atoms with Crippen LogP contribution in [-0.4, -0.2) is 70.3 Å². The van der Waals surface area contributed by atoms with Gasteiger partial charge in [-0.05, 0) is 52.8 Å². The minimum atomic E-state index is -3.70. The number of imidazole rings is 1. The molecule has 0 spiro atoms. The molecule has 2 aliphatic rings. The van der Waals surface area contributed by atoms with Gasteiger partial charge in [0.1, 0.15) is 30.2 Å². The molecule has 1 N–H and O–H groups in total. The summed E-state index contributed by atoms with van der Waals surface area (Å²) in [7, 11) is -3.70. The molecule has 4 atom stereocenters. The van der Waals surface area contributed by atoms with Crippen molar-refractivity contribution in [3.63, 3.8) is 0 Å². The van der Waals surface area contributed by atoms with Crippen LogP contribution in [0.3, 0.4) is 0 Å². The molecule has 1 aromatic carbocycles. The van der Waals surface area contributed by atoms with Crippen LogP contribution in [0.2, 0.25) is 0 Å². The fourth-order valence-electron chi connectivity index (χ4n) is 4.85. The monoisotopic (exact) mass is 596 g/mol. The maximum atomic E-state index is 13.5. The summed E-state index contributed by atoms with van der Waals surface area (Å²) in [4.78, 5) is 28.2. The summed E-state index contributed by atoms with van der Waals surface area (Å²) in [5.74, 6) is 1.79. The van der Waals surface area contributed by atoms with Crippen LogP contribution in [-0.2, 0) is 29.0 Å². The van der Waals surface area contributed by atoms with Gasteiger partial charge >= 0.3 is 6.09 Å². The summed E-state index contributed by atoms with van der Waals surface area (Å²) in [6, 6.07) is 6.85. The van der Waals surface area contributed by atoms with E-state index in [2.05, 4.69) is 32.2 Å². The van der Waals surface area contributed by atoms with Crippen LogP contribution >= 0.6 is 0 Å². The van der Waals surface area contributed by atoms with Gasteiger partial charge in [0.2, 0.25) is 10.0 Å². The van der Waals surface area contributed by atoms with Crippen molar-refractivity contribution in [2.24, 2.45) is 0 Å². The number of hydrogen-bond acceptors (Lipinski definition) is 10. The third-order valence-corrected chi connectivity index (χ3v) is 7.51. The summed E-state index contributed by atoms with van der Waals surface area (Å²) in [6.07, 6.45) is 5.03. The molecule has 1 amide bonds. The number of carbonyl (C=O) groups is 1. The second kappa shape index (κ2) is 10.8. The molecular formula is C28H32N6O7S. The second-order valence-electron chi connectivity index (χ2n) is 11.2. The number of nitrogens with zero attached hydrogens (tertiary/aromatic N) is 5. The van der Waals surface area contributed by atoms with Crippen LogP contribution in [0, 0.1) is 12.3 Å². The van der Waals surface area contributed by atoms with Crippen molar-refractivity contribution >= 4 is 38.8 Å². The van der Waals surface area contributed by atoms with E-state index in [0.717, 1.165) is 5.41 Å². The molecule has 14 heteroatoms. The minimum absolute atomic E-state index is 0.0732. The van der Waals surface area contributed by atoms with Gasteiger partial charge in [-0.1, -0.05) is 18.6 Å². The first kappa shape index (κ1) is 29.6. The molecule has 5 rings (SSSR count). The Morgan fingerprint density at radius 2 is 2.00 bits per heavy atom. The van der Waals surface area contributed by atoms with Crippen molar-refractivity contribution in [2.45, 2.75) is 70.5 Å². The molecular weight excluding hydrogens is 564 g/mol. The molecule has 2 aromatic heterocycles. The summed E-state index contributed by atoms with van der Waals surface area (Å²) in [6.45, 7) is 12.1. The Kier molecular flexibility index (Phi) is 7.58. The van der Waals surface area contributed by atoms with Crippen molar-refractivity contribution in [2.75, 3.05) is 11.4 Å². The molecule has 0 bridgehead atoms. The molecule has 42 heavy (non-hydrogen) atoms. The molecule has 2 aliphatic heterocycles. The number of benzene rings is 1. The van der Waals surface area contributed by atoms with Crippen LogP contribution in [0.4, 0.5) is 16.3 Å². The highest BCUT2D eigenvalue weighted by molar-refractivity contribution is 7.92. The first-order valence-corrected chi connectivity index (χ1v) is 14.7. The van der Waals surface area contributed by atoms with Gasteiger partial charge in [0.15, 0.2) is 29.0 Å². The maximum absolute atomic E-state index is 13.5. The molecule has 0 radical (unpaired) electrons. The number of hydrogen-bond donors (Lipinski definition) is 1. The lowest BCUT2D eigenvalue weighted by Gasteiger charge is -2.27. The summed E-state index contributed by atoms with van der Waals surface area (Å²) in [5, 5.41) is 0.824. The van der Waals surface area contributed by atoms with E-state index in [1.165, 1.54) is 17.6 Å². The summed E-state index contributed by atoms with van der Waals surface area (Å²) in [5.41, 5.74) is 0.803. The van der Waals surface area contributed by atoms with E-state index < -0.39 is 52.0 Å². The Morgan fingerprint density at radius 1 is 1.26 bits per heavy atom. The first-order chi connectivity index (χ1) is 19.7. The topological polar surface area (TPSA) is 147 Å². The van der Waals surface area contributed by atoms with Crippen LogP contribution in [0.25, 0.3) is 11.2 Å². The molecule has 4 heterocycles. The number of ether oxygens (including phenoxy) is 4. The lowest BCUT2D eigenvalue weighted by molar-refractivity contribution is -0.195. The number of aromatic nitrogens is 4. The Labute approximate surface area is 243 Å².